The number of carbonyl (C=O) groups is 2. The number of aryl methyl sites for hydroxylation is 1. The highest BCUT2D eigenvalue weighted by Gasteiger charge is 2.43. The van der Waals surface area contributed by atoms with Crippen LogP contribution in [-0.2, 0) is 40.6 Å². The second kappa shape index (κ2) is 35.6. The highest BCUT2D eigenvalue weighted by atomic mass is 127. The van der Waals surface area contributed by atoms with Crippen LogP contribution in [0.25, 0.3) is 53.3 Å². The molecule has 0 saturated carbocycles. The van der Waals surface area contributed by atoms with Gasteiger partial charge in [-0.15, -0.1) is 22.7 Å². The van der Waals surface area contributed by atoms with Crippen LogP contribution < -0.4 is 20.1 Å². The Hall–Kier alpha value is -11.0. The third-order valence-corrected chi connectivity index (χ3v) is 24.5. The van der Waals surface area contributed by atoms with E-state index in [1.807, 2.05) is 175 Å². The lowest BCUT2D eigenvalue weighted by molar-refractivity contribution is 0.129. The van der Waals surface area contributed by atoms with Crippen LogP contribution >= 0.6 is 45.3 Å². The molecule has 18 nitrogen and oxygen atoms in total. The van der Waals surface area contributed by atoms with Gasteiger partial charge in [-0.3, -0.25) is 10.6 Å². The summed E-state index contributed by atoms with van der Waals surface area (Å²) in [4.78, 5) is 34.8. The minimum absolute atomic E-state index is 0.126. The van der Waals surface area contributed by atoms with Gasteiger partial charge in [0.2, 0.25) is 20.0 Å². The normalized spacial score (nSPS) is 11.9. The number of sulfonamides is 2. The molecule has 0 aliphatic carbocycles. The molecule has 14 aromatic rings. The second-order valence-corrected chi connectivity index (χ2v) is 36.1. The number of anilines is 2. The number of nitrogens with zero attached hydrogens (tertiary/aromatic N) is 6. The summed E-state index contributed by atoms with van der Waals surface area (Å²) in [5.74, 6) is 0. The van der Waals surface area contributed by atoms with Crippen LogP contribution in [0, 0.1) is 10.6 Å². The predicted octanol–water partition coefficient (Wildman–Crippen LogP) is 21.4. The van der Waals surface area contributed by atoms with Gasteiger partial charge in [-0.25, -0.2) is 55.2 Å². The maximum atomic E-state index is 14.4. The Balaban J connectivity index is 0.000000175. The van der Waals surface area contributed by atoms with E-state index in [9.17, 15) is 26.4 Å². The first-order valence-corrected chi connectivity index (χ1v) is 42.7. The van der Waals surface area contributed by atoms with Crippen molar-refractivity contribution in [1.82, 2.24) is 39.0 Å². The average molecular weight is 1710 g/mol. The van der Waals surface area contributed by atoms with Crippen LogP contribution in [0.15, 0.2) is 314 Å². The molecule has 0 bridgehead atoms. The predicted molar refractivity (Wildman–Crippen MR) is 467 cm³/mol. The Kier molecular flexibility index (Phi) is 25.7. The minimum Gasteiger partial charge on any atom is -0.447 e. The van der Waals surface area contributed by atoms with E-state index in [1.165, 1.54) is 39.4 Å². The van der Waals surface area contributed by atoms with Crippen molar-refractivity contribution in [3.05, 3.63) is 346 Å². The van der Waals surface area contributed by atoms with Gasteiger partial charge in [0.05, 0.1) is 43.6 Å². The largest absolute Gasteiger partial charge is 0.447 e. The molecular weight excluding hydrogens is 1620 g/mol. The van der Waals surface area contributed by atoms with Gasteiger partial charge >= 0.3 is 12.2 Å². The summed E-state index contributed by atoms with van der Waals surface area (Å²) in [7, 11) is -7.77. The number of halogens is 1. The van der Waals surface area contributed by atoms with Crippen LogP contribution in [0.1, 0.15) is 108 Å². The summed E-state index contributed by atoms with van der Waals surface area (Å²) < 4.78 is 76.0. The molecule has 4 N–H and O–H groups in total. The Morgan fingerprint density at radius 2 is 0.737 bits per heavy atom. The minimum atomic E-state index is -4.05. The molecule has 4 aromatic heterocycles. The zero-order valence-corrected chi connectivity index (χ0v) is 70.4. The molecule has 2 amide bonds. The molecule has 0 aliphatic heterocycles. The number of hydrogen-bond donors (Lipinski definition) is 4. The van der Waals surface area contributed by atoms with Gasteiger partial charge in [-0.1, -0.05) is 206 Å². The highest BCUT2D eigenvalue weighted by molar-refractivity contribution is 14.1. The highest BCUT2D eigenvalue weighted by Crippen LogP contribution is 2.46. The fraction of sp³-hybridized carbons (Fsp3) is 0.187. The Bertz CT molecular complexity index is 5630. The van der Waals surface area contributed by atoms with Gasteiger partial charge in [0, 0.05) is 68.9 Å². The van der Waals surface area contributed by atoms with E-state index >= 15 is 0 Å². The summed E-state index contributed by atoms with van der Waals surface area (Å²) >= 11 is 5.15. The van der Waals surface area contributed by atoms with Crippen molar-refractivity contribution in [2.24, 2.45) is 0 Å². The first-order chi connectivity index (χ1) is 54.5. The summed E-state index contributed by atoms with van der Waals surface area (Å²) in [6, 6.07) is 91.9. The van der Waals surface area contributed by atoms with Crippen molar-refractivity contribution in [1.29, 1.82) is 0 Å². The van der Waals surface area contributed by atoms with Crippen LogP contribution in [0.4, 0.5) is 21.0 Å². The Labute approximate surface area is 689 Å². The first-order valence-electron chi connectivity index (χ1n) is 37.0. The van der Waals surface area contributed by atoms with Crippen LogP contribution in [0.3, 0.4) is 0 Å². The van der Waals surface area contributed by atoms with Gasteiger partial charge in [0.15, 0.2) is 0 Å². The van der Waals surface area contributed by atoms with E-state index in [1.54, 1.807) is 82.7 Å². The fourth-order valence-corrected chi connectivity index (χ4v) is 19.5. The van der Waals surface area contributed by atoms with Gasteiger partial charge in [-0.05, 0) is 210 Å². The number of benzene rings is 10. The Morgan fingerprint density at radius 1 is 0.412 bits per heavy atom. The van der Waals surface area contributed by atoms with Crippen molar-refractivity contribution in [3.8, 4) is 53.3 Å². The van der Waals surface area contributed by atoms with E-state index in [0.29, 0.717) is 37.9 Å². The monoisotopic (exact) mass is 1700 g/mol. The van der Waals surface area contributed by atoms with Crippen molar-refractivity contribution in [2.45, 2.75) is 120 Å². The molecule has 0 radical (unpaired) electrons. The van der Waals surface area contributed by atoms with Crippen LogP contribution in [0.2, 0.25) is 0 Å². The number of thiazole rings is 2. The van der Waals surface area contributed by atoms with Gasteiger partial charge in [0.1, 0.15) is 24.8 Å². The number of amides is 2. The number of hydrogen-bond acceptors (Lipinski definition) is 14. The molecule has 0 saturated heterocycles. The SMILES string of the molecule is CC(C)OC(=O)Nc1ccc(-c2ncc(-c3ccc(-c4ccnn4C(c4ccccc4)(c4ccccc4)c4ccccc4)cc3S(=O)(=O)NC(C)(C)C)s2)cc1.Cc1ccc(-c2cnc(-c3ccc(NC(=O)OC(C)C)cc3)s2)c(S(=O)(=O)NC(C)(C)C)c1.Ic1ccnn1C(c1ccccc1)(c1ccccc1)c1ccccc1. The zero-order valence-electron chi connectivity index (χ0n) is 65.0. The zero-order chi connectivity index (χ0) is 81.0. The molecular formula is C91H89IN10O8S4. The van der Waals surface area contributed by atoms with E-state index < -0.39 is 54.4 Å². The number of rotatable bonds is 21. The number of carbonyl (C=O) groups excluding carboxylic acids is 2. The maximum Gasteiger partial charge on any atom is 0.411 e. The molecule has 0 aliphatic rings. The maximum absolute atomic E-state index is 14.4. The van der Waals surface area contributed by atoms with E-state index in [-0.39, 0.29) is 22.0 Å². The third-order valence-electron chi connectivity index (χ3n) is 17.9. The van der Waals surface area contributed by atoms with Crippen molar-refractivity contribution in [2.75, 3.05) is 10.6 Å². The molecule has 0 spiro atoms. The molecule has 0 atom stereocenters. The Morgan fingerprint density at radius 3 is 1.08 bits per heavy atom. The van der Waals surface area contributed by atoms with Crippen molar-refractivity contribution < 1.29 is 35.9 Å². The van der Waals surface area contributed by atoms with E-state index in [2.05, 4.69) is 185 Å². The van der Waals surface area contributed by atoms with Crippen LogP contribution in [0.5, 0.6) is 0 Å². The summed E-state index contributed by atoms with van der Waals surface area (Å²) in [6.07, 6.45) is 5.54. The topological polar surface area (TPSA) is 230 Å². The molecule has 10 aromatic carbocycles. The third kappa shape index (κ3) is 19.2. The summed E-state index contributed by atoms with van der Waals surface area (Å²) in [6.45, 7) is 19.9. The molecule has 0 unspecified atom stereocenters. The van der Waals surface area contributed by atoms with Crippen molar-refractivity contribution >= 4 is 88.9 Å². The lowest BCUT2D eigenvalue weighted by atomic mass is 9.76. The van der Waals surface area contributed by atoms with Gasteiger partial charge < -0.3 is 9.47 Å². The first kappa shape index (κ1) is 82.4. The fourth-order valence-electron chi connectivity index (χ4n) is 13.4. The molecule has 582 valence electrons. The molecule has 0 fully saturated rings. The van der Waals surface area contributed by atoms with E-state index in [4.69, 9.17) is 19.7 Å². The van der Waals surface area contributed by atoms with Gasteiger partial charge in [0.25, 0.3) is 0 Å². The lowest BCUT2D eigenvalue weighted by Crippen LogP contribution is -2.40. The molecule has 4 heterocycles. The smallest absolute Gasteiger partial charge is 0.411 e. The van der Waals surface area contributed by atoms with Crippen molar-refractivity contribution in [3.63, 3.8) is 0 Å². The summed E-state index contributed by atoms with van der Waals surface area (Å²) in [5, 5.41) is 16.6. The van der Waals surface area contributed by atoms with E-state index in [0.717, 1.165) is 52.7 Å². The standard InChI is InChI=1S/C45H43N5O4S2.C24H29N3O4S2.C22H17IN2/c1-31(2)54-43(51)48-37-24-21-32(22-25-37)42-46-30-40(55-42)38-26-23-33(29-41(38)56(52,53)49-44(3,4)5)39-27-28-47-50(39)45(34-15-9-6-10-16-34,35-17-11-7-12-18-35)36-19-13-8-14-20-36;1-15(2)31-23(28)26-18-10-8-17(9-11-18)22-25-14-20(32-22)19-12-7-16(3)13-21(19)33(29,30)27-24(4,5)6;23-21-16-17-24-25(21)22(18-10-4-1-5-11-18,19-12-6-2-7-13-19)20-14-8-3-9-15-20/h6-31,49H,1-5H3,(H,48,51);7-15,27H,1-6H3,(H,26,28);1-17H. The number of ether oxygens (including phenoxy) is 2. The summed E-state index contributed by atoms with van der Waals surface area (Å²) in [5.41, 5.74) is 10.1. The van der Waals surface area contributed by atoms with Gasteiger partial charge in [-0.2, -0.15) is 10.2 Å². The number of nitrogens with one attached hydrogen (secondary N) is 4. The second-order valence-electron chi connectivity index (χ2n) is 29.6. The molecule has 23 heteroatoms. The van der Waals surface area contributed by atoms with Crippen LogP contribution in [-0.4, -0.2) is 81.8 Å². The lowest BCUT2D eigenvalue weighted by Gasteiger charge is -2.37. The number of aromatic nitrogens is 6. The molecule has 114 heavy (non-hydrogen) atoms. The quantitative estimate of drug-likeness (QED) is 0.0389. The molecule has 14 rings (SSSR count). The average Bonchev–Trinajstić information content (AvgIpc) is 1.32.